The lowest BCUT2D eigenvalue weighted by molar-refractivity contribution is 0.452. The lowest BCUT2D eigenvalue weighted by Gasteiger charge is -2.46. The zero-order valence-electron chi connectivity index (χ0n) is 21.4. The molecule has 1 heterocycles. The van der Waals surface area contributed by atoms with E-state index < -0.39 is 10.0 Å². The van der Waals surface area contributed by atoms with Gasteiger partial charge in [0.15, 0.2) is 0 Å². The van der Waals surface area contributed by atoms with Crippen LogP contribution in [0.15, 0.2) is 183 Å². The number of benzene rings is 6. The van der Waals surface area contributed by atoms with E-state index >= 15 is 0 Å². The van der Waals surface area contributed by atoms with Gasteiger partial charge in [0.2, 0.25) is 0 Å². The van der Waals surface area contributed by atoms with Crippen molar-refractivity contribution < 1.29 is 4.74 Å². The second kappa shape index (κ2) is 9.86. The molecule has 0 aliphatic carbocycles. The average Bonchev–Trinajstić information content (AvgIpc) is 3.02. The van der Waals surface area contributed by atoms with Crippen LogP contribution in [0.3, 0.4) is 0 Å². The predicted octanol–water partition coefficient (Wildman–Crippen LogP) is 10.6. The van der Waals surface area contributed by atoms with Gasteiger partial charge in [-0.1, -0.05) is 84.9 Å². The highest BCUT2D eigenvalue weighted by molar-refractivity contribution is 8.34. The molecule has 0 saturated carbocycles. The van der Waals surface area contributed by atoms with Crippen molar-refractivity contribution in [3.05, 3.63) is 164 Å². The van der Waals surface area contributed by atoms with E-state index in [-0.39, 0.29) is 0 Å². The van der Waals surface area contributed by atoms with Gasteiger partial charge in [-0.25, -0.2) is 0 Å². The molecule has 0 atom stereocenters. The van der Waals surface area contributed by atoms with Crippen LogP contribution in [0.4, 0.5) is 17.1 Å². The van der Waals surface area contributed by atoms with E-state index in [0.717, 1.165) is 28.6 Å². The zero-order valence-corrected chi connectivity index (χ0v) is 22.2. The highest BCUT2D eigenvalue weighted by Gasteiger charge is 2.41. The van der Waals surface area contributed by atoms with E-state index in [1.54, 1.807) is 0 Å². The van der Waals surface area contributed by atoms with Crippen molar-refractivity contribution in [3.8, 4) is 11.5 Å². The molecule has 0 fully saturated rings. The summed E-state index contributed by atoms with van der Waals surface area (Å²) in [5, 5.41) is 0. The zero-order chi connectivity index (χ0) is 26.1. The number of anilines is 3. The molecule has 188 valence electrons. The second-order valence-electron chi connectivity index (χ2n) is 9.42. The molecule has 0 radical (unpaired) electrons. The Labute approximate surface area is 231 Å². The van der Waals surface area contributed by atoms with Gasteiger partial charge in [0, 0.05) is 42.7 Å². The fourth-order valence-electron chi connectivity index (χ4n) is 5.49. The van der Waals surface area contributed by atoms with Crippen LogP contribution in [-0.4, -0.2) is 0 Å². The molecule has 0 spiro atoms. The summed E-state index contributed by atoms with van der Waals surface area (Å²) < 4.78 is 6.73. The van der Waals surface area contributed by atoms with E-state index in [1.165, 1.54) is 19.6 Å². The summed E-state index contributed by atoms with van der Waals surface area (Å²) in [6.07, 6.45) is 0. The third-order valence-corrected chi connectivity index (χ3v) is 11.1. The van der Waals surface area contributed by atoms with Crippen molar-refractivity contribution in [3.63, 3.8) is 0 Å². The topological polar surface area (TPSA) is 12.5 Å². The van der Waals surface area contributed by atoms with E-state index in [1.807, 2.05) is 0 Å². The van der Waals surface area contributed by atoms with Gasteiger partial charge in [-0.05, 0) is 72.8 Å². The van der Waals surface area contributed by atoms with Crippen LogP contribution in [0, 0.1) is 0 Å². The predicted molar refractivity (Wildman–Crippen MR) is 161 cm³/mol. The first-order valence-corrected chi connectivity index (χ1v) is 14.7. The molecule has 2 nitrogen and oxygen atoms in total. The fraction of sp³-hybridized carbons (Fsp3) is 0. The largest absolute Gasteiger partial charge is 0.455 e. The maximum Gasteiger partial charge on any atom is 0.142 e. The molecule has 0 saturated heterocycles. The van der Waals surface area contributed by atoms with Crippen LogP contribution in [0.5, 0.6) is 11.5 Å². The van der Waals surface area contributed by atoms with Crippen LogP contribution in [0.2, 0.25) is 0 Å². The molecule has 0 aromatic heterocycles. The van der Waals surface area contributed by atoms with Crippen LogP contribution in [0.1, 0.15) is 0 Å². The van der Waals surface area contributed by atoms with Crippen LogP contribution in [0.25, 0.3) is 0 Å². The summed E-state index contributed by atoms with van der Waals surface area (Å²) in [6.45, 7) is 0. The van der Waals surface area contributed by atoms with Crippen LogP contribution in [-0.2, 0) is 0 Å². The van der Waals surface area contributed by atoms with Crippen molar-refractivity contribution in [1.29, 1.82) is 0 Å². The van der Waals surface area contributed by atoms with E-state index in [2.05, 4.69) is 169 Å². The Morgan fingerprint density at radius 3 is 1.41 bits per heavy atom. The molecule has 3 heteroatoms. The number of nitrogens with zero attached hydrogens (tertiary/aromatic N) is 1. The van der Waals surface area contributed by atoms with Crippen LogP contribution >= 0.6 is 10.0 Å². The lowest BCUT2D eigenvalue weighted by atomic mass is 10.2. The first-order valence-electron chi connectivity index (χ1n) is 13.1. The lowest BCUT2D eigenvalue weighted by Crippen LogP contribution is -2.14. The molecular weight excluding hydrogens is 494 g/mol. The minimum Gasteiger partial charge on any atom is -0.455 e. The van der Waals surface area contributed by atoms with Gasteiger partial charge in [-0.15, -0.1) is 10.0 Å². The smallest absolute Gasteiger partial charge is 0.142 e. The van der Waals surface area contributed by atoms with E-state index in [4.69, 9.17) is 4.74 Å². The quantitative estimate of drug-likeness (QED) is 0.223. The van der Waals surface area contributed by atoms with Gasteiger partial charge in [-0.2, -0.15) is 0 Å². The SMILES string of the molecule is c1ccc(N(c2ccccc2)c2ccc3c(c2)Oc2ccccc2S3(c2ccccc2)c2ccccc2)cc1. The second-order valence-corrected chi connectivity index (χ2v) is 12.5. The molecule has 0 unspecified atom stereocenters. The van der Waals surface area contributed by atoms with Crippen LogP contribution < -0.4 is 9.64 Å². The van der Waals surface area contributed by atoms with Crippen molar-refractivity contribution in [2.24, 2.45) is 0 Å². The Morgan fingerprint density at radius 2 is 0.846 bits per heavy atom. The highest BCUT2D eigenvalue weighted by atomic mass is 32.3. The summed E-state index contributed by atoms with van der Waals surface area (Å²) in [5.74, 6) is 1.81. The molecule has 6 aromatic carbocycles. The molecule has 1 aliphatic heterocycles. The van der Waals surface area contributed by atoms with Gasteiger partial charge in [0.05, 0.1) is 0 Å². The highest BCUT2D eigenvalue weighted by Crippen LogP contribution is 2.79. The molecule has 0 amide bonds. The molecular formula is C36H27NOS. The maximum atomic E-state index is 6.73. The van der Waals surface area contributed by atoms with Gasteiger partial charge in [0.25, 0.3) is 0 Å². The third kappa shape index (κ3) is 3.91. The normalized spacial score (nSPS) is 13.8. The standard InChI is InChI=1S/C36H27NOS/c1-5-15-28(16-6-1)37(29-17-7-2-8-18-29)30-25-26-36-34(27-30)38-33-23-13-14-24-35(33)39(36,31-19-9-3-10-20-31)32-21-11-4-12-22-32/h1-27H. The number of ether oxygens (including phenoxy) is 1. The van der Waals surface area contributed by atoms with Gasteiger partial charge in [0.1, 0.15) is 11.5 Å². The molecule has 7 rings (SSSR count). The number of hydrogen-bond donors (Lipinski definition) is 0. The Kier molecular flexibility index (Phi) is 5.92. The van der Waals surface area contributed by atoms with Gasteiger partial charge in [-0.3, -0.25) is 0 Å². The Hall–Kier alpha value is -4.73. The number of rotatable bonds is 5. The van der Waals surface area contributed by atoms with Crippen molar-refractivity contribution >= 4 is 27.1 Å². The van der Waals surface area contributed by atoms with Crippen molar-refractivity contribution in [2.75, 3.05) is 4.90 Å². The van der Waals surface area contributed by atoms with Gasteiger partial charge >= 0.3 is 0 Å². The summed E-state index contributed by atoms with van der Waals surface area (Å²) in [6, 6.07) is 58.1. The first-order chi connectivity index (χ1) is 19.4. The number of para-hydroxylation sites is 3. The minimum atomic E-state index is -1.79. The molecule has 0 bridgehead atoms. The average molecular weight is 522 g/mol. The molecule has 0 N–H and O–H groups in total. The Balaban J connectivity index is 1.51. The van der Waals surface area contributed by atoms with Crippen molar-refractivity contribution in [2.45, 2.75) is 19.6 Å². The minimum absolute atomic E-state index is 0.894. The summed E-state index contributed by atoms with van der Waals surface area (Å²) in [7, 11) is -1.79. The number of hydrogen-bond acceptors (Lipinski definition) is 2. The fourth-order valence-corrected chi connectivity index (χ4v) is 9.51. The summed E-state index contributed by atoms with van der Waals surface area (Å²) >= 11 is 0. The summed E-state index contributed by atoms with van der Waals surface area (Å²) in [5.41, 5.74) is 3.26. The number of fused-ring (bicyclic) bond motifs is 2. The maximum absolute atomic E-state index is 6.73. The molecule has 39 heavy (non-hydrogen) atoms. The molecule has 1 aliphatic rings. The monoisotopic (exact) mass is 521 g/mol. The molecule has 6 aromatic rings. The van der Waals surface area contributed by atoms with Crippen molar-refractivity contribution in [1.82, 2.24) is 0 Å². The van der Waals surface area contributed by atoms with E-state index in [9.17, 15) is 0 Å². The Morgan fingerprint density at radius 1 is 0.385 bits per heavy atom. The summed E-state index contributed by atoms with van der Waals surface area (Å²) in [4.78, 5) is 7.31. The van der Waals surface area contributed by atoms with E-state index in [0.29, 0.717) is 0 Å². The van der Waals surface area contributed by atoms with Gasteiger partial charge < -0.3 is 9.64 Å². The Bertz CT molecular complexity index is 1640. The third-order valence-electron chi connectivity index (χ3n) is 7.14. The first kappa shape index (κ1) is 23.4.